The number of aromatic nitrogens is 2. The molecule has 1 aliphatic heterocycles. The van der Waals surface area contributed by atoms with E-state index in [-0.39, 0.29) is 5.91 Å². The molecule has 1 saturated heterocycles. The van der Waals surface area contributed by atoms with Crippen molar-refractivity contribution in [3.8, 4) is 10.7 Å². The highest BCUT2D eigenvalue weighted by atomic mass is 32.1. The van der Waals surface area contributed by atoms with E-state index < -0.39 is 0 Å². The van der Waals surface area contributed by atoms with Gasteiger partial charge >= 0.3 is 0 Å². The summed E-state index contributed by atoms with van der Waals surface area (Å²) < 4.78 is 2.27. The van der Waals surface area contributed by atoms with Gasteiger partial charge in [-0.1, -0.05) is 30.3 Å². The summed E-state index contributed by atoms with van der Waals surface area (Å²) in [4.78, 5) is 22.1. The molecule has 2 aromatic carbocycles. The van der Waals surface area contributed by atoms with Gasteiger partial charge in [0.25, 0.3) is 5.91 Å². The molecule has 3 heterocycles. The van der Waals surface area contributed by atoms with E-state index in [1.807, 2.05) is 10.3 Å². The van der Waals surface area contributed by atoms with E-state index in [9.17, 15) is 4.79 Å². The predicted octanol–water partition coefficient (Wildman–Crippen LogP) is 5.06. The number of carbonyl (C=O) groups is 1. The number of carbonyl (C=O) groups excluding carboxylic acids is 1. The maximum Gasteiger partial charge on any atom is 0.273 e. The number of nitrogens with zero attached hydrogens (tertiary/aromatic N) is 4. The van der Waals surface area contributed by atoms with Gasteiger partial charge in [0, 0.05) is 54.7 Å². The van der Waals surface area contributed by atoms with Crippen molar-refractivity contribution >= 4 is 33.8 Å². The van der Waals surface area contributed by atoms with E-state index in [0.29, 0.717) is 5.69 Å². The number of hydrogen-bond acceptors (Lipinski definition) is 4. The van der Waals surface area contributed by atoms with Crippen LogP contribution in [0.3, 0.4) is 0 Å². The second kappa shape index (κ2) is 8.19. The Kier molecular flexibility index (Phi) is 5.24. The minimum atomic E-state index is 0.0329. The lowest BCUT2D eigenvalue weighted by atomic mass is 10.2. The number of aryl methyl sites for hydroxylation is 2. The lowest BCUT2D eigenvalue weighted by Gasteiger charge is -2.36. The first kappa shape index (κ1) is 19.8. The molecule has 1 amide bonds. The number of fused-ring (bicyclic) bond motifs is 1. The first-order chi connectivity index (χ1) is 15.1. The number of benzene rings is 2. The van der Waals surface area contributed by atoms with E-state index in [0.717, 1.165) is 43.4 Å². The Morgan fingerprint density at radius 3 is 2.61 bits per heavy atom. The molecule has 1 aliphatic rings. The van der Waals surface area contributed by atoms with Crippen LogP contribution in [0.4, 0.5) is 5.69 Å². The smallest absolute Gasteiger partial charge is 0.273 e. The Morgan fingerprint density at radius 1 is 1.03 bits per heavy atom. The van der Waals surface area contributed by atoms with Crippen LogP contribution in [-0.2, 0) is 6.54 Å². The average Bonchev–Trinajstić information content (AvgIpc) is 3.43. The quantitative estimate of drug-likeness (QED) is 0.455. The molecule has 0 atom stereocenters. The molecular weight excluding hydrogens is 404 g/mol. The van der Waals surface area contributed by atoms with Gasteiger partial charge in [-0.25, -0.2) is 4.98 Å². The van der Waals surface area contributed by atoms with E-state index in [4.69, 9.17) is 4.98 Å². The summed E-state index contributed by atoms with van der Waals surface area (Å²) in [5.74, 6) is 0.0329. The minimum absolute atomic E-state index is 0.0329. The number of anilines is 1. The molecule has 0 unspecified atom stereocenters. The number of piperazine rings is 1. The van der Waals surface area contributed by atoms with Gasteiger partial charge in [-0.15, -0.1) is 11.3 Å². The molecule has 0 saturated carbocycles. The largest absolute Gasteiger partial charge is 0.368 e. The molecule has 31 heavy (non-hydrogen) atoms. The molecule has 0 radical (unpaired) electrons. The Balaban J connectivity index is 1.32. The highest BCUT2D eigenvalue weighted by Crippen LogP contribution is 2.31. The number of amides is 1. The molecule has 5 rings (SSSR count). The summed E-state index contributed by atoms with van der Waals surface area (Å²) >= 11 is 1.55. The first-order valence-electron chi connectivity index (χ1n) is 10.8. The average molecular weight is 431 g/mol. The van der Waals surface area contributed by atoms with Crippen LogP contribution in [0.25, 0.3) is 21.6 Å². The lowest BCUT2D eigenvalue weighted by Crippen LogP contribution is -2.48. The van der Waals surface area contributed by atoms with Crippen LogP contribution in [0.15, 0.2) is 60.0 Å². The maximum atomic E-state index is 13.1. The van der Waals surface area contributed by atoms with Crippen molar-refractivity contribution in [2.24, 2.45) is 0 Å². The van der Waals surface area contributed by atoms with Crippen LogP contribution < -0.4 is 4.90 Å². The van der Waals surface area contributed by atoms with Crippen molar-refractivity contribution < 1.29 is 4.79 Å². The van der Waals surface area contributed by atoms with Crippen LogP contribution in [0.2, 0.25) is 0 Å². The second-order valence-corrected chi connectivity index (χ2v) is 8.85. The highest BCUT2D eigenvalue weighted by Gasteiger charge is 2.25. The molecule has 158 valence electrons. The van der Waals surface area contributed by atoms with Crippen LogP contribution >= 0.6 is 11.3 Å². The van der Waals surface area contributed by atoms with Crippen LogP contribution in [0.5, 0.6) is 0 Å². The van der Waals surface area contributed by atoms with Gasteiger partial charge in [0.2, 0.25) is 0 Å². The van der Waals surface area contributed by atoms with E-state index in [2.05, 4.69) is 77.9 Å². The summed E-state index contributed by atoms with van der Waals surface area (Å²) in [6, 6.07) is 19.1. The zero-order valence-electron chi connectivity index (χ0n) is 17.9. The third-order valence-electron chi connectivity index (χ3n) is 6.00. The van der Waals surface area contributed by atoms with Gasteiger partial charge in [0.15, 0.2) is 0 Å². The van der Waals surface area contributed by atoms with E-state index in [1.165, 1.54) is 22.2 Å². The molecule has 6 heteroatoms. The molecule has 4 aromatic rings. The van der Waals surface area contributed by atoms with E-state index in [1.54, 1.807) is 11.3 Å². The number of hydrogen-bond donors (Lipinski definition) is 0. The number of thiazole rings is 1. The van der Waals surface area contributed by atoms with Crippen molar-refractivity contribution in [1.82, 2.24) is 14.5 Å². The normalized spacial score (nSPS) is 14.4. The number of rotatable bonds is 4. The van der Waals surface area contributed by atoms with Crippen LogP contribution in [0.1, 0.15) is 23.0 Å². The highest BCUT2D eigenvalue weighted by molar-refractivity contribution is 7.13. The molecule has 0 N–H and O–H groups in total. The van der Waals surface area contributed by atoms with Crippen molar-refractivity contribution in [2.75, 3.05) is 31.1 Å². The molecule has 0 spiro atoms. The zero-order valence-corrected chi connectivity index (χ0v) is 18.7. The summed E-state index contributed by atoms with van der Waals surface area (Å²) in [6.07, 6.45) is 0. The Labute approximate surface area is 186 Å². The molecular formula is C25H26N4OS. The molecule has 0 bridgehead atoms. The first-order valence-corrected chi connectivity index (χ1v) is 11.7. The van der Waals surface area contributed by atoms with Gasteiger partial charge in [-0.2, -0.15) is 0 Å². The summed E-state index contributed by atoms with van der Waals surface area (Å²) in [7, 11) is 0. The fourth-order valence-electron chi connectivity index (χ4n) is 4.37. The Bertz CT molecular complexity index is 1230. The second-order valence-electron chi connectivity index (χ2n) is 7.99. The van der Waals surface area contributed by atoms with Gasteiger partial charge in [0.1, 0.15) is 10.7 Å². The topological polar surface area (TPSA) is 41.4 Å². The summed E-state index contributed by atoms with van der Waals surface area (Å²) in [5.41, 5.74) is 5.33. The molecule has 2 aromatic heterocycles. The van der Waals surface area contributed by atoms with Gasteiger partial charge < -0.3 is 14.4 Å². The fourth-order valence-corrected chi connectivity index (χ4v) is 5.19. The monoisotopic (exact) mass is 430 g/mol. The van der Waals surface area contributed by atoms with Crippen LogP contribution in [-0.4, -0.2) is 46.5 Å². The molecule has 5 nitrogen and oxygen atoms in total. The van der Waals surface area contributed by atoms with Crippen molar-refractivity contribution in [3.63, 3.8) is 0 Å². The third kappa shape index (κ3) is 3.72. The standard InChI is InChI=1S/C25H26N4OS/c1-3-29-22-10-5-4-8-19(22)16-23(29)24-26-21(17-31-24)25(30)28-13-11-27(12-14-28)20-9-6-7-18(2)15-20/h4-10,15-17H,3,11-14H2,1-2H3. The van der Waals surface area contributed by atoms with Gasteiger partial charge in [-0.05, 0) is 43.7 Å². The van der Waals surface area contributed by atoms with Crippen LogP contribution in [0, 0.1) is 6.92 Å². The van der Waals surface area contributed by atoms with Gasteiger partial charge in [0.05, 0.1) is 5.69 Å². The fraction of sp³-hybridized carbons (Fsp3) is 0.280. The predicted molar refractivity (Wildman–Crippen MR) is 128 cm³/mol. The molecule has 0 aliphatic carbocycles. The summed E-state index contributed by atoms with van der Waals surface area (Å²) in [5, 5.41) is 4.01. The molecule has 1 fully saturated rings. The minimum Gasteiger partial charge on any atom is -0.368 e. The SMILES string of the molecule is CCn1c(-c2nc(C(=O)N3CCN(c4cccc(C)c4)CC3)cs2)cc2ccccc21. The van der Waals surface area contributed by atoms with Crippen molar-refractivity contribution in [2.45, 2.75) is 20.4 Å². The lowest BCUT2D eigenvalue weighted by molar-refractivity contribution is 0.0742. The maximum absolute atomic E-state index is 13.1. The van der Waals surface area contributed by atoms with Gasteiger partial charge in [-0.3, -0.25) is 4.79 Å². The van der Waals surface area contributed by atoms with Crippen molar-refractivity contribution in [3.05, 3.63) is 71.2 Å². The Hall–Kier alpha value is -3.12. The zero-order chi connectivity index (χ0) is 21.4. The van der Waals surface area contributed by atoms with Crippen molar-refractivity contribution in [1.29, 1.82) is 0 Å². The third-order valence-corrected chi connectivity index (χ3v) is 6.87. The number of para-hydroxylation sites is 1. The van der Waals surface area contributed by atoms with E-state index >= 15 is 0 Å². The summed E-state index contributed by atoms with van der Waals surface area (Å²) in [6.45, 7) is 8.24. The Morgan fingerprint density at radius 2 is 1.84 bits per heavy atom.